The average molecular weight is 508 g/mol. The minimum Gasteiger partial charge on any atom is -0.507 e. The van der Waals surface area contributed by atoms with Crippen molar-refractivity contribution in [2.75, 3.05) is 14.1 Å². The molecule has 1 amide bonds. The van der Waals surface area contributed by atoms with Crippen LogP contribution in [0.3, 0.4) is 0 Å². The van der Waals surface area contributed by atoms with Gasteiger partial charge in [-0.15, -0.1) is 0 Å². The molecule has 37 heavy (non-hydrogen) atoms. The molecule has 1 aromatic carbocycles. The van der Waals surface area contributed by atoms with E-state index >= 15 is 0 Å². The second-order valence-corrected chi connectivity index (χ2v) is 10.4. The van der Waals surface area contributed by atoms with Crippen LogP contribution in [-0.4, -0.2) is 79.6 Å². The van der Waals surface area contributed by atoms with Gasteiger partial charge in [0.25, 0.3) is 0 Å². The number of hydrogen-bond acceptors (Lipinski definition) is 9. The number of carbonyl (C=O) groups excluding carboxylic acids is 3. The Morgan fingerprint density at radius 1 is 1.19 bits per heavy atom. The molecule has 0 saturated heterocycles. The molecule has 1 aromatic heterocycles. The first-order chi connectivity index (χ1) is 17.4. The topological polar surface area (TPSA) is 174 Å². The number of amides is 1. The number of fused-ring (bicyclic) bond motifs is 3. The van der Waals surface area contributed by atoms with Gasteiger partial charge in [-0.3, -0.25) is 19.4 Å². The van der Waals surface area contributed by atoms with E-state index in [0.717, 1.165) is 5.56 Å². The number of nitrogens with two attached hydrogens (primary N) is 1. The number of phenolic OH excluding ortho intramolecular Hbond substituents is 1. The summed E-state index contributed by atoms with van der Waals surface area (Å²) in [7, 11) is 3.23. The summed E-state index contributed by atoms with van der Waals surface area (Å²) in [5.41, 5.74) is 5.41. The summed E-state index contributed by atoms with van der Waals surface area (Å²) >= 11 is 0. The Morgan fingerprint density at radius 2 is 1.89 bits per heavy atom. The highest BCUT2D eigenvalue weighted by Gasteiger charge is 2.67. The molecule has 1 heterocycles. The fourth-order valence-corrected chi connectivity index (χ4v) is 6.59. The molecule has 2 aromatic rings. The van der Waals surface area contributed by atoms with E-state index in [1.54, 1.807) is 37.3 Å². The van der Waals surface area contributed by atoms with Gasteiger partial charge in [0.15, 0.2) is 11.4 Å². The minimum absolute atomic E-state index is 0.0445. The third kappa shape index (κ3) is 3.36. The van der Waals surface area contributed by atoms with E-state index in [-0.39, 0.29) is 29.7 Å². The van der Waals surface area contributed by atoms with Gasteiger partial charge < -0.3 is 31.1 Å². The molecule has 10 heteroatoms. The predicted molar refractivity (Wildman–Crippen MR) is 132 cm³/mol. The number of aliphatic hydroxyl groups is 3. The number of carbonyl (C=O) groups is 3. The van der Waals surface area contributed by atoms with Gasteiger partial charge >= 0.3 is 0 Å². The van der Waals surface area contributed by atoms with Gasteiger partial charge in [0.1, 0.15) is 17.4 Å². The quantitative estimate of drug-likeness (QED) is 0.371. The number of rotatable bonds is 3. The number of phenols is 1. The SMILES string of the molecule is Cc1cccnc1-c1ccc(O)c2c1C[C@@H]1C[C@@H]3C(N(C)C)C(O)C(C(N)=O)C(=O)[C@]3(O)C(=O)C1=C2O. The number of aryl methyl sites for hydroxylation is 1. The number of nitrogens with zero attached hydrogens (tertiary/aromatic N) is 2. The van der Waals surface area contributed by atoms with Gasteiger partial charge in [0.2, 0.25) is 11.7 Å². The molecule has 0 radical (unpaired) electrons. The minimum atomic E-state index is -2.67. The van der Waals surface area contributed by atoms with Crippen LogP contribution in [0.5, 0.6) is 5.75 Å². The van der Waals surface area contributed by atoms with Crippen molar-refractivity contribution in [1.82, 2.24) is 9.88 Å². The highest BCUT2D eigenvalue weighted by atomic mass is 16.3. The monoisotopic (exact) mass is 507 g/mol. The Bertz CT molecular complexity index is 1380. The number of pyridine rings is 1. The lowest BCUT2D eigenvalue weighted by Crippen LogP contribution is -2.73. The number of aromatic hydroxyl groups is 1. The van der Waals surface area contributed by atoms with Crippen LogP contribution in [-0.2, 0) is 20.8 Å². The van der Waals surface area contributed by atoms with E-state index in [1.165, 1.54) is 6.07 Å². The molecule has 10 nitrogen and oxygen atoms in total. The van der Waals surface area contributed by atoms with E-state index < -0.39 is 58.7 Å². The van der Waals surface area contributed by atoms with Crippen molar-refractivity contribution >= 4 is 23.2 Å². The van der Waals surface area contributed by atoms with Crippen LogP contribution in [0.15, 0.2) is 36.0 Å². The lowest BCUT2D eigenvalue weighted by Gasteiger charge is -2.53. The molecule has 3 aliphatic carbocycles. The standard InChI is InChI=1S/C27H29N3O7/c1-11-5-4-8-29-20(11)13-6-7-16(31)18-14(13)9-12-10-15-21(30(2)3)23(33)19(26(28)36)25(35)27(15,37)24(34)17(12)22(18)32/h4-8,12,15,19,21,23,31-33,37H,9-10H2,1-3H3,(H2,28,36)/t12-,15-,19?,21?,23?,27-/m1/s1. The first-order valence-electron chi connectivity index (χ1n) is 12.1. The number of primary amides is 1. The highest BCUT2D eigenvalue weighted by molar-refractivity contribution is 6.25. The van der Waals surface area contributed by atoms with Crippen LogP contribution >= 0.6 is 0 Å². The molecule has 6 atom stereocenters. The molecule has 5 rings (SSSR count). The van der Waals surface area contributed by atoms with Crippen LogP contribution in [0, 0.1) is 24.7 Å². The lowest BCUT2D eigenvalue weighted by atomic mass is 9.54. The number of ketones is 2. The second kappa shape index (κ2) is 8.47. The summed E-state index contributed by atoms with van der Waals surface area (Å²) in [5.74, 6) is -7.61. The molecule has 0 spiro atoms. The highest BCUT2D eigenvalue weighted by Crippen LogP contribution is 2.53. The number of hydrogen-bond donors (Lipinski definition) is 5. The molecule has 3 aliphatic rings. The molecule has 194 valence electrons. The molecular weight excluding hydrogens is 478 g/mol. The van der Waals surface area contributed by atoms with E-state index in [2.05, 4.69) is 4.98 Å². The van der Waals surface area contributed by atoms with Crippen LogP contribution < -0.4 is 5.73 Å². The number of aromatic nitrogens is 1. The van der Waals surface area contributed by atoms with E-state index in [1.807, 2.05) is 13.0 Å². The molecule has 3 unspecified atom stereocenters. The van der Waals surface area contributed by atoms with Crippen LogP contribution in [0.4, 0.5) is 0 Å². The molecule has 6 N–H and O–H groups in total. The maximum absolute atomic E-state index is 13.9. The maximum atomic E-state index is 13.9. The number of likely N-dealkylation sites (N-methyl/N-ethyl adjacent to an activating group) is 1. The maximum Gasteiger partial charge on any atom is 0.230 e. The van der Waals surface area contributed by atoms with Crippen LogP contribution in [0.25, 0.3) is 17.0 Å². The third-order valence-electron chi connectivity index (χ3n) is 8.24. The van der Waals surface area contributed by atoms with Crippen molar-refractivity contribution < 1.29 is 34.8 Å². The zero-order chi connectivity index (χ0) is 27.0. The lowest BCUT2D eigenvalue weighted by molar-refractivity contribution is -0.184. The van der Waals surface area contributed by atoms with Crippen molar-refractivity contribution in [3.8, 4) is 17.0 Å². The van der Waals surface area contributed by atoms with E-state index in [9.17, 15) is 34.8 Å². The summed E-state index contributed by atoms with van der Waals surface area (Å²) < 4.78 is 0. The zero-order valence-electron chi connectivity index (χ0n) is 20.7. The van der Waals surface area contributed by atoms with Crippen molar-refractivity contribution in [3.63, 3.8) is 0 Å². The molecule has 2 saturated carbocycles. The van der Waals surface area contributed by atoms with Gasteiger partial charge in [0, 0.05) is 29.3 Å². The largest absolute Gasteiger partial charge is 0.507 e. The fourth-order valence-electron chi connectivity index (χ4n) is 6.59. The summed E-state index contributed by atoms with van der Waals surface area (Å²) in [6.07, 6.45) is 0.399. The normalized spacial score (nSPS) is 31.1. The average Bonchev–Trinajstić information content (AvgIpc) is 2.82. The molecule has 0 bridgehead atoms. The van der Waals surface area contributed by atoms with Gasteiger partial charge in [-0.05, 0) is 69.1 Å². The van der Waals surface area contributed by atoms with Crippen molar-refractivity contribution in [1.29, 1.82) is 0 Å². The zero-order valence-corrected chi connectivity index (χ0v) is 20.7. The van der Waals surface area contributed by atoms with Crippen molar-refractivity contribution in [3.05, 3.63) is 52.7 Å². The van der Waals surface area contributed by atoms with Crippen LogP contribution in [0.2, 0.25) is 0 Å². The van der Waals surface area contributed by atoms with E-state index in [0.29, 0.717) is 16.8 Å². The van der Waals surface area contributed by atoms with Crippen molar-refractivity contribution in [2.45, 2.75) is 37.5 Å². The third-order valence-corrected chi connectivity index (χ3v) is 8.24. The number of benzene rings is 1. The first kappa shape index (κ1) is 25.1. The van der Waals surface area contributed by atoms with Gasteiger partial charge in [0.05, 0.1) is 17.4 Å². The summed E-state index contributed by atoms with van der Waals surface area (Å²) in [6, 6.07) is 5.86. The van der Waals surface area contributed by atoms with Gasteiger partial charge in [-0.2, -0.15) is 0 Å². The fraction of sp³-hybridized carbons (Fsp3) is 0.407. The number of Topliss-reactive ketones (excluding diaryl/α,β-unsaturated/α-hetero) is 2. The predicted octanol–water partition coefficient (Wildman–Crippen LogP) is 0.499. The molecular formula is C27H29N3O7. The molecule has 2 fully saturated rings. The Balaban J connectivity index is 1.72. The number of aliphatic hydroxyl groups excluding tert-OH is 2. The summed E-state index contributed by atoms with van der Waals surface area (Å²) in [5, 5.41) is 44.7. The Hall–Kier alpha value is -3.60. The summed E-state index contributed by atoms with van der Waals surface area (Å²) in [6.45, 7) is 1.89. The van der Waals surface area contributed by atoms with Gasteiger partial charge in [-0.1, -0.05) is 6.07 Å². The Morgan fingerprint density at radius 3 is 2.51 bits per heavy atom. The first-order valence-corrected chi connectivity index (χ1v) is 12.1. The van der Waals surface area contributed by atoms with Crippen molar-refractivity contribution in [2.24, 2.45) is 23.5 Å². The smallest absolute Gasteiger partial charge is 0.230 e. The second-order valence-electron chi connectivity index (χ2n) is 10.4. The van der Waals surface area contributed by atoms with Gasteiger partial charge in [-0.25, -0.2) is 0 Å². The van der Waals surface area contributed by atoms with Crippen LogP contribution in [0.1, 0.15) is 23.1 Å². The Labute approximate surface area is 213 Å². The molecule has 0 aliphatic heterocycles. The Kier molecular flexibility index (Phi) is 5.74. The summed E-state index contributed by atoms with van der Waals surface area (Å²) in [4.78, 5) is 45.4. The van der Waals surface area contributed by atoms with E-state index in [4.69, 9.17) is 5.73 Å².